The highest BCUT2D eigenvalue weighted by atomic mass is 35.5. The molecule has 0 radical (unpaired) electrons. The van der Waals surface area contributed by atoms with Gasteiger partial charge in [0, 0.05) is 36.7 Å². The Bertz CT molecular complexity index is 1310. The van der Waals surface area contributed by atoms with Crippen LogP contribution >= 0.6 is 11.6 Å². The highest BCUT2D eigenvalue weighted by Gasteiger charge is 2.29. The van der Waals surface area contributed by atoms with E-state index in [1.54, 1.807) is 12.7 Å². The lowest BCUT2D eigenvalue weighted by molar-refractivity contribution is 0.0324. The van der Waals surface area contributed by atoms with Crippen molar-refractivity contribution in [3.05, 3.63) is 65.3 Å². The van der Waals surface area contributed by atoms with Crippen molar-refractivity contribution in [1.29, 1.82) is 5.26 Å². The summed E-state index contributed by atoms with van der Waals surface area (Å²) in [6.07, 6.45) is 7.93. The lowest BCUT2D eigenvalue weighted by Gasteiger charge is -2.41. The summed E-state index contributed by atoms with van der Waals surface area (Å²) in [5, 5.41) is 29.2. The van der Waals surface area contributed by atoms with E-state index in [-0.39, 0.29) is 6.10 Å². The topological polar surface area (TPSA) is 108 Å². The van der Waals surface area contributed by atoms with Gasteiger partial charge in [-0.3, -0.25) is 9.67 Å². The van der Waals surface area contributed by atoms with Crippen LogP contribution in [0.4, 0.5) is 5.69 Å². The number of aromatic amines is 1. The molecule has 2 N–H and O–H groups in total. The standard InChI is InChI=1S/C25H27ClN8O/c26-20-8-18(3-4-27)7-19(9-20)12-28-5-1-2-6-35-22-14-33(15-22)25-11-21(34-16-30-31-17-34)10-24-23(25)13-29-32-24/h7-11,13,16-17,22,28H,1-3,5-6,12,14-15H2,(H,29,32). The van der Waals surface area contributed by atoms with Crippen LogP contribution in [0.15, 0.2) is 49.2 Å². The Balaban J connectivity index is 1.03. The van der Waals surface area contributed by atoms with Crippen LogP contribution in [0, 0.1) is 11.3 Å². The molecule has 9 nitrogen and oxygen atoms in total. The number of rotatable bonds is 11. The van der Waals surface area contributed by atoms with E-state index in [0.717, 1.165) is 79.0 Å². The van der Waals surface area contributed by atoms with Gasteiger partial charge in [0.2, 0.25) is 0 Å². The Morgan fingerprint density at radius 3 is 2.77 bits per heavy atom. The Morgan fingerprint density at radius 2 is 1.94 bits per heavy atom. The fourth-order valence-corrected chi connectivity index (χ4v) is 4.63. The van der Waals surface area contributed by atoms with Crippen LogP contribution in [0.1, 0.15) is 24.0 Å². The molecule has 0 aliphatic carbocycles. The molecule has 2 aromatic heterocycles. The predicted octanol–water partition coefficient (Wildman–Crippen LogP) is 3.64. The summed E-state index contributed by atoms with van der Waals surface area (Å²) in [6.45, 7) is 4.14. The molecule has 0 saturated carbocycles. The highest BCUT2D eigenvalue weighted by molar-refractivity contribution is 6.30. The Hall–Kier alpha value is -3.45. The number of nitrogens with one attached hydrogen (secondary N) is 2. The van der Waals surface area contributed by atoms with Crippen molar-refractivity contribution in [2.45, 2.75) is 31.9 Å². The Kier molecular flexibility index (Phi) is 7.23. The fourth-order valence-electron chi connectivity index (χ4n) is 4.35. The molecule has 0 amide bonds. The van der Waals surface area contributed by atoms with Gasteiger partial charge in [0.25, 0.3) is 0 Å². The van der Waals surface area contributed by atoms with Gasteiger partial charge in [0.05, 0.1) is 41.7 Å². The second-order valence-electron chi connectivity index (χ2n) is 8.75. The van der Waals surface area contributed by atoms with E-state index in [1.807, 2.05) is 29.0 Å². The van der Waals surface area contributed by atoms with Crippen molar-refractivity contribution >= 4 is 28.2 Å². The van der Waals surface area contributed by atoms with Crippen LogP contribution in [0.5, 0.6) is 0 Å². The first-order valence-electron chi connectivity index (χ1n) is 11.7. The van der Waals surface area contributed by atoms with Crippen molar-refractivity contribution < 1.29 is 4.74 Å². The second kappa shape index (κ2) is 10.9. The third-order valence-electron chi connectivity index (χ3n) is 6.16. The van der Waals surface area contributed by atoms with Crippen molar-refractivity contribution in [2.75, 3.05) is 31.1 Å². The number of benzene rings is 2. The van der Waals surface area contributed by atoms with Gasteiger partial charge in [-0.1, -0.05) is 17.7 Å². The zero-order valence-electron chi connectivity index (χ0n) is 19.3. The number of anilines is 1. The van der Waals surface area contributed by atoms with Crippen LogP contribution in [0.3, 0.4) is 0 Å². The van der Waals surface area contributed by atoms with E-state index in [4.69, 9.17) is 21.6 Å². The third-order valence-corrected chi connectivity index (χ3v) is 6.38. The summed E-state index contributed by atoms with van der Waals surface area (Å²) in [6, 6.07) is 12.2. The molecule has 1 saturated heterocycles. The molecule has 1 aliphatic heterocycles. The lowest BCUT2D eigenvalue weighted by Crippen LogP contribution is -2.52. The molecule has 0 bridgehead atoms. The Morgan fingerprint density at radius 1 is 1.11 bits per heavy atom. The van der Waals surface area contributed by atoms with Gasteiger partial charge >= 0.3 is 0 Å². The Labute approximate surface area is 208 Å². The van der Waals surface area contributed by atoms with Gasteiger partial charge in [-0.05, 0) is 54.8 Å². The third kappa shape index (κ3) is 5.62. The van der Waals surface area contributed by atoms with Crippen LogP contribution in [-0.2, 0) is 17.7 Å². The number of hydrogen-bond acceptors (Lipinski definition) is 7. The van der Waals surface area contributed by atoms with E-state index >= 15 is 0 Å². The van der Waals surface area contributed by atoms with Gasteiger partial charge in [-0.15, -0.1) is 10.2 Å². The monoisotopic (exact) mass is 490 g/mol. The number of nitrogens with zero attached hydrogens (tertiary/aromatic N) is 6. The summed E-state index contributed by atoms with van der Waals surface area (Å²) < 4.78 is 7.97. The minimum Gasteiger partial charge on any atom is -0.375 e. The molecule has 0 atom stereocenters. The van der Waals surface area contributed by atoms with Gasteiger partial charge < -0.3 is 15.0 Å². The molecular weight excluding hydrogens is 464 g/mol. The number of hydrogen-bond donors (Lipinski definition) is 2. The van der Waals surface area contributed by atoms with E-state index < -0.39 is 0 Å². The van der Waals surface area contributed by atoms with Gasteiger partial charge in [-0.2, -0.15) is 10.4 Å². The minimum absolute atomic E-state index is 0.244. The normalized spacial score (nSPS) is 13.8. The van der Waals surface area contributed by atoms with Crippen molar-refractivity contribution in [1.82, 2.24) is 30.3 Å². The number of ether oxygens (including phenoxy) is 1. The van der Waals surface area contributed by atoms with E-state index in [0.29, 0.717) is 11.4 Å². The molecule has 180 valence electrons. The quantitative estimate of drug-likeness (QED) is 0.309. The van der Waals surface area contributed by atoms with E-state index in [9.17, 15) is 0 Å². The molecular formula is C25H27ClN8O. The SMILES string of the molecule is N#CCc1cc(Cl)cc(CNCCCCOC2CN(c3cc(-n4cnnc4)cc4[nH]ncc34)C2)c1. The zero-order valence-corrected chi connectivity index (χ0v) is 20.1. The number of fused-ring (bicyclic) bond motifs is 1. The first-order chi connectivity index (χ1) is 17.2. The molecule has 4 aromatic rings. The summed E-state index contributed by atoms with van der Waals surface area (Å²) >= 11 is 6.15. The zero-order chi connectivity index (χ0) is 24.0. The molecule has 10 heteroatoms. The number of halogens is 1. The van der Waals surface area contributed by atoms with Crippen LogP contribution in [0.2, 0.25) is 5.02 Å². The molecule has 2 aromatic carbocycles. The first kappa shape index (κ1) is 23.3. The fraction of sp³-hybridized carbons (Fsp3) is 0.360. The second-order valence-corrected chi connectivity index (χ2v) is 9.19. The van der Waals surface area contributed by atoms with Crippen molar-refractivity contribution in [2.24, 2.45) is 0 Å². The smallest absolute Gasteiger partial charge is 0.123 e. The average molecular weight is 491 g/mol. The number of unbranched alkanes of at least 4 members (excludes halogenated alkanes) is 1. The van der Waals surface area contributed by atoms with Crippen molar-refractivity contribution in [3.63, 3.8) is 0 Å². The number of aromatic nitrogens is 5. The van der Waals surface area contributed by atoms with Crippen LogP contribution < -0.4 is 10.2 Å². The summed E-state index contributed by atoms with van der Waals surface area (Å²) in [4.78, 5) is 2.32. The molecule has 3 heterocycles. The lowest BCUT2D eigenvalue weighted by atomic mass is 10.1. The number of H-pyrrole nitrogens is 1. The maximum atomic E-state index is 8.88. The number of nitriles is 1. The molecule has 5 rings (SSSR count). The largest absolute Gasteiger partial charge is 0.375 e. The maximum absolute atomic E-state index is 8.88. The predicted molar refractivity (Wildman–Crippen MR) is 135 cm³/mol. The highest BCUT2D eigenvalue weighted by Crippen LogP contribution is 2.32. The van der Waals surface area contributed by atoms with E-state index in [1.165, 1.54) is 0 Å². The molecule has 0 unspecified atom stereocenters. The summed E-state index contributed by atoms with van der Waals surface area (Å²) in [5.74, 6) is 0. The molecule has 35 heavy (non-hydrogen) atoms. The van der Waals surface area contributed by atoms with Gasteiger partial charge in [0.1, 0.15) is 12.7 Å². The van der Waals surface area contributed by atoms with Gasteiger partial charge in [-0.25, -0.2) is 0 Å². The first-order valence-corrected chi connectivity index (χ1v) is 12.1. The molecule has 0 spiro atoms. The average Bonchev–Trinajstić information content (AvgIpc) is 3.51. The molecule has 1 fully saturated rings. The van der Waals surface area contributed by atoms with Crippen molar-refractivity contribution in [3.8, 4) is 11.8 Å². The van der Waals surface area contributed by atoms with E-state index in [2.05, 4.69) is 48.8 Å². The van der Waals surface area contributed by atoms with Crippen LogP contribution in [-0.4, -0.2) is 57.3 Å². The summed E-state index contributed by atoms with van der Waals surface area (Å²) in [7, 11) is 0. The minimum atomic E-state index is 0.244. The molecule has 1 aliphatic rings. The van der Waals surface area contributed by atoms with Gasteiger partial charge in [0.15, 0.2) is 0 Å². The maximum Gasteiger partial charge on any atom is 0.123 e. The van der Waals surface area contributed by atoms with Crippen LogP contribution in [0.25, 0.3) is 16.6 Å². The summed E-state index contributed by atoms with van der Waals surface area (Å²) in [5.41, 5.74) is 5.19.